The van der Waals surface area contributed by atoms with Crippen molar-refractivity contribution in [1.82, 2.24) is 5.32 Å². The van der Waals surface area contributed by atoms with Crippen molar-refractivity contribution in [3.8, 4) is 11.5 Å². The molecule has 0 spiro atoms. The Morgan fingerprint density at radius 1 is 1.24 bits per heavy atom. The molecular weight excluding hydrogens is 484 g/mol. The van der Waals surface area contributed by atoms with Crippen molar-refractivity contribution in [3.63, 3.8) is 0 Å². The SMILES string of the molecule is COc1ccc(C=C2Oc3ccccc3N(CC(=O)NC3CCCC(C)C3C)C2=O)cc1Br. The maximum Gasteiger partial charge on any atom is 0.294 e. The maximum absolute atomic E-state index is 13.4. The van der Waals surface area contributed by atoms with E-state index in [1.54, 1.807) is 25.3 Å². The summed E-state index contributed by atoms with van der Waals surface area (Å²) in [6.45, 7) is 4.37. The summed E-state index contributed by atoms with van der Waals surface area (Å²) in [5.74, 6) is 1.90. The summed E-state index contributed by atoms with van der Waals surface area (Å²) in [5, 5.41) is 3.17. The van der Waals surface area contributed by atoms with Gasteiger partial charge in [0.2, 0.25) is 5.91 Å². The molecule has 2 aromatic rings. The number of nitrogens with zero attached hydrogens (tertiary/aromatic N) is 1. The average Bonchev–Trinajstić information content (AvgIpc) is 2.80. The minimum absolute atomic E-state index is 0.0551. The molecule has 2 aromatic carbocycles. The first kappa shape index (κ1) is 23.4. The zero-order chi connectivity index (χ0) is 23.5. The standard InChI is InChI=1S/C26H29BrN2O4/c1-16-7-6-8-20(17(16)2)28-25(30)15-29-21-9-4-5-10-23(21)33-24(26(29)31)14-18-11-12-22(32-3)19(27)13-18/h4-5,9-14,16-17,20H,6-8,15H2,1-3H3,(H,28,30). The van der Waals surface area contributed by atoms with Crippen molar-refractivity contribution in [2.75, 3.05) is 18.6 Å². The number of fused-ring (bicyclic) bond motifs is 1. The van der Waals surface area contributed by atoms with Gasteiger partial charge in [-0.1, -0.05) is 44.9 Å². The molecule has 3 unspecified atom stereocenters. The molecular formula is C26H29BrN2O4. The molecule has 1 aliphatic heterocycles. The first-order valence-electron chi connectivity index (χ1n) is 11.3. The Morgan fingerprint density at radius 2 is 2.03 bits per heavy atom. The summed E-state index contributed by atoms with van der Waals surface area (Å²) in [7, 11) is 1.60. The number of carbonyl (C=O) groups excluding carboxylic acids is 2. The number of nitrogens with one attached hydrogen (secondary N) is 1. The molecule has 174 valence electrons. The number of para-hydroxylation sites is 2. The van der Waals surface area contributed by atoms with E-state index >= 15 is 0 Å². The normalized spacial score (nSPS) is 23.6. The van der Waals surface area contributed by atoms with E-state index in [0.717, 1.165) is 22.9 Å². The van der Waals surface area contributed by atoms with Gasteiger partial charge >= 0.3 is 0 Å². The van der Waals surface area contributed by atoms with Crippen LogP contribution < -0.4 is 19.7 Å². The summed E-state index contributed by atoms with van der Waals surface area (Å²) >= 11 is 3.47. The van der Waals surface area contributed by atoms with E-state index in [1.807, 2.05) is 30.3 Å². The molecule has 2 amide bonds. The Morgan fingerprint density at radius 3 is 2.79 bits per heavy atom. The smallest absolute Gasteiger partial charge is 0.294 e. The number of ether oxygens (including phenoxy) is 2. The molecule has 1 aliphatic carbocycles. The van der Waals surface area contributed by atoms with Crippen LogP contribution in [0.4, 0.5) is 5.69 Å². The summed E-state index contributed by atoms with van der Waals surface area (Å²) in [6, 6.07) is 12.9. The fraction of sp³-hybridized carbons (Fsp3) is 0.385. The Kier molecular flexibility index (Phi) is 7.08. The third-order valence-corrected chi connectivity index (χ3v) is 7.28. The van der Waals surface area contributed by atoms with E-state index in [-0.39, 0.29) is 30.2 Å². The van der Waals surface area contributed by atoms with E-state index in [1.165, 1.54) is 11.3 Å². The molecule has 2 aliphatic rings. The van der Waals surface area contributed by atoms with Gasteiger partial charge in [-0.2, -0.15) is 0 Å². The van der Waals surface area contributed by atoms with Crippen LogP contribution in [0.2, 0.25) is 0 Å². The van der Waals surface area contributed by atoms with Crippen LogP contribution in [0, 0.1) is 11.8 Å². The highest BCUT2D eigenvalue weighted by molar-refractivity contribution is 9.10. The summed E-state index contributed by atoms with van der Waals surface area (Å²) in [4.78, 5) is 27.8. The van der Waals surface area contributed by atoms with Crippen LogP contribution in [-0.4, -0.2) is 31.5 Å². The van der Waals surface area contributed by atoms with Crippen molar-refractivity contribution in [3.05, 3.63) is 58.3 Å². The number of anilines is 1. The lowest BCUT2D eigenvalue weighted by Crippen LogP contribution is -2.49. The Bertz CT molecular complexity index is 1080. The van der Waals surface area contributed by atoms with Crippen LogP contribution in [0.1, 0.15) is 38.7 Å². The minimum atomic E-state index is -0.346. The quantitative estimate of drug-likeness (QED) is 0.561. The molecule has 33 heavy (non-hydrogen) atoms. The van der Waals surface area contributed by atoms with Gasteiger partial charge in [0.25, 0.3) is 5.91 Å². The highest BCUT2D eigenvalue weighted by Crippen LogP contribution is 2.36. The Labute approximate surface area is 203 Å². The summed E-state index contributed by atoms with van der Waals surface area (Å²) in [6.07, 6.45) is 4.96. The first-order valence-corrected chi connectivity index (χ1v) is 12.1. The molecule has 3 atom stereocenters. The molecule has 1 heterocycles. The topological polar surface area (TPSA) is 67.9 Å². The zero-order valence-electron chi connectivity index (χ0n) is 19.1. The molecule has 0 aromatic heterocycles. The highest BCUT2D eigenvalue weighted by atomic mass is 79.9. The number of rotatable bonds is 5. The van der Waals surface area contributed by atoms with Gasteiger partial charge in [0, 0.05) is 6.04 Å². The van der Waals surface area contributed by atoms with E-state index in [0.29, 0.717) is 29.0 Å². The second-order valence-corrected chi connectivity index (χ2v) is 9.66. The molecule has 1 fully saturated rings. The molecule has 0 bridgehead atoms. The highest BCUT2D eigenvalue weighted by Gasteiger charge is 2.33. The maximum atomic E-state index is 13.4. The number of hydrogen-bond donors (Lipinski definition) is 1. The van der Waals surface area contributed by atoms with Gasteiger partial charge < -0.3 is 14.8 Å². The molecule has 4 rings (SSSR count). The van der Waals surface area contributed by atoms with E-state index in [2.05, 4.69) is 35.1 Å². The van der Waals surface area contributed by atoms with E-state index < -0.39 is 0 Å². The van der Waals surface area contributed by atoms with Crippen molar-refractivity contribution in [2.24, 2.45) is 11.8 Å². The largest absolute Gasteiger partial charge is 0.496 e. The van der Waals surface area contributed by atoms with E-state index in [9.17, 15) is 9.59 Å². The first-order chi connectivity index (χ1) is 15.9. The van der Waals surface area contributed by atoms with Crippen molar-refractivity contribution >= 4 is 39.5 Å². The number of amides is 2. The van der Waals surface area contributed by atoms with Crippen molar-refractivity contribution < 1.29 is 19.1 Å². The van der Waals surface area contributed by atoms with Crippen molar-refractivity contribution in [2.45, 2.75) is 39.2 Å². The van der Waals surface area contributed by atoms with Gasteiger partial charge in [-0.15, -0.1) is 0 Å². The predicted octanol–water partition coefficient (Wildman–Crippen LogP) is 5.17. The Balaban J connectivity index is 1.57. The molecule has 1 N–H and O–H groups in total. The molecule has 7 heteroatoms. The van der Waals surface area contributed by atoms with Gasteiger partial charge in [0.1, 0.15) is 12.3 Å². The van der Waals surface area contributed by atoms with Gasteiger partial charge in [0.05, 0.1) is 17.3 Å². The van der Waals surface area contributed by atoms with Crippen LogP contribution in [0.5, 0.6) is 11.5 Å². The minimum Gasteiger partial charge on any atom is -0.496 e. The fourth-order valence-electron chi connectivity index (χ4n) is 4.52. The molecule has 0 radical (unpaired) electrons. The van der Waals surface area contributed by atoms with Crippen LogP contribution in [0.15, 0.2) is 52.7 Å². The van der Waals surface area contributed by atoms with Gasteiger partial charge in [0.15, 0.2) is 11.5 Å². The van der Waals surface area contributed by atoms with Gasteiger partial charge in [-0.3, -0.25) is 14.5 Å². The van der Waals surface area contributed by atoms with E-state index in [4.69, 9.17) is 9.47 Å². The van der Waals surface area contributed by atoms with Crippen LogP contribution in [0.3, 0.4) is 0 Å². The van der Waals surface area contributed by atoms with Crippen LogP contribution in [-0.2, 0) is 9.59 Å². The number of hydrogen-bond acceptors (Lipinski definition) is 4. The summed E-state index contributed by atoms with van der Waals surface area (Å²) in [5.41, 5.74) is 1.37. The number of methoxy groups -OCH3 is 1. The monoisotopic (exact) mass is 512 g/mol. The lowest BCUT2D eigenvalue weighted by Gasteiger charge is -2.35. The van der Waals surface area contributed by atoms with Gasteiger partial charge in [-0.05, 0) is 70.1 Å². The third-order valence-electron chi connectivity index (χ3n) is 6.66. The predicted molar refractivity (Wildman–Crippen MR) is 132 cm³/mol. The Hall–Kier alpha value is -2.80. The number of carbonyl (C=O) groups is 2. The fourth-order valence-corrected chi connectivity index (χ4v) is 5.08. The zero-order valence-corrected chi connectivity index (χ0v) is 20.7. The van der Waals surface area contributed by atoms with Gasteiger partial charge in [-0.25, -0.2) is 0 Å². The second-order valence-electron chi connectivity index (χ2n) is 8.80. The molecule has 1 saturated carbocycles. The van der Waals surface area contributed by atoms with Crippen LogP contribution in [0.25, 0.3) is 6.08 Å². The van der Waals surface area contributed by atoms with Crippen LogP contribution >= 0.6 is 15.9 Å². The molecule has 0 saturated heterocycles. The average molecular weight is 513 g/mol. The number of benzene rings is 2. The lowest BCUT2D eigenvalue weighted by molar-refractivity contribution is -0.124. The van der Waals surface area contributed by atoms with Crippen molar-refractivity contribution in [1.29, 1.82) is 0 Å². The molecule has 6 nitrogen and oxygen atoms in total. The lowest BCUT2D eigenvalue weighted by atomic mass is 9.78. The second kappa shape index (κ2) is 10.00. The summed E-state index contributed by atoms with van der Waals surface area (Å²) < 4.78 is 12.0. The third kappa shape index (κ3) is 5.08. The number of halogens is 1.